The molecule has 148 valence electrons. The van der Waals surface area contributed by atoms with Crippen LogP contribution >= 0.6 is 35.4 Å². The summed E-state index contributed by atoms with van der Waals surface area (Å²) in [7, 11) is 0. The van der Waals surface area contributed by atoms with Crippen LogP contribution in [0, 0.1) is 0 Å². The van der Waals surface area contributed by atoms with Gasteiger partial charge in [-0.2, -0.15) is 13.2 Å². The fourth-order valence-electron chi connectivity index (χ4n) is 1.99. The smallest absolute Gasteiger partial charge is 0.334 e. The van der Waals surface area contributed by atoms with Crippen LogP contribution in [0.3, 0.4) is 0 Å². The Morgan fingerprint density at radius 1 is 0.964 bits per heavy atom. The molecular formula is C17H12Cl2F3N3O2S. The number of carbonyl (C=O) groups is 2. The van der Waals surface area contributed by atoms with E-state index in [2.05, 4.69) is 16.0 Å². The van der Waals surface area contributed by atoms with E-state index in [-0.39, 0.29) is 27.3 Å². The zero-order chi connectivity index (χ0) is 20.9. The summed E-state index contributed by atoms with van der Waals surface area (Å²) in [6.07, 6.45) is -4.43. The van der Waals surface area contributed by atoms with Crippen molar-refractivity contribution in [1.29, 1.82) is 0 Å². The number of halogens is 5. The lowest BCUT2D eigenvalue weighted by Gasteiger charge is -2.11. The zero-order valence-electron chi connectivity index (χ0n) is 13.9. The fraction of sp³-hybridized carbons (Fsp3) is 0.118. The van der Waals surface area contributed by atoms with E-state index >= 15 is 0 Å². The Balaban J connectivity index is 1.83. The Morgan fingerprint density at radius 3 is 2.18 bits per heavy atom. The normalized spacial score (nSPS) is 10.9. The highest BCUT2D eigenvalue weighted by Gasteiger charge is 2.29. The van der Waals surface area contributed by atoms with E-state index in [1.165, 1.54) is 30.3 Å². The standard InChI is InChI=1S/C17H12Cl2F3N3O2S/c18-12-6-3-10(7-13(12)19)14(26)24-16(28)25-15(27)23-8-9-1-4-11(5-2-9)17(20,21)22/h1-7H,8H2,(H3,23,24,25,26,27,28). The van der Waals surface area contributed by atoms with Crippen molar-refractivity contribution in [1.82, 2.24) is 16.0 Å². The first-order valence-corrected chi connectivity index (χ1v) is 8.74. The first kappa shape index (κ1) is 21.9. The largest absolute Gasteiger partial charge is 0.416 e. The van der Waals surface area contributed by atoms with Crippen molar-refractivity contribution < 1.29 is 22.8 Å². The van der Waals surface area contributed by atoms with Gasteiger partial charge in [0, 0.05) is 12.1 Å². The van der Waals surface area contributed by atoms with Crippen molar-refractivity contribution in [2.24, 2.45) is 0 Å². The molecule has 0 spiro atoms. The number of hydrogen-bond donors (Lipinski definition) is 3. The van der Waals surface area contributed by atoms with Crippen molar-refractivity contribution in [3.05, 3.63) is 69.2 Å². The second kappa shape index (κ2) is 9.22. The Kier molecular flexibility index (Phi) is 7.22. The van der Waals surface area contributed by atoms with Crippen LogP contribution in [-0.2, 0) is 12.7 Å². The first-order chi connectivity index (χ1) is 13.1. The molecule has 0 bridgehead atoms. The van der Waals surface area contributed by atoms with Crippen molar-refractivity contribution in [2.75, 3.05) is 0 Å². The Hall–Kier alpha value is -2.36. The number of benzene rings is 2. The van der Waals surface area contributed by atoms with Gasteiger partial charge < -0.3 is 5.32 Å². The summed E-state index contributed by atoms with van der Waals surface area (Å²) in [5.41, 5.74) is -0.149. The van der Waals surface area contributed by atoms with Gasteiger partial charge in [-0.25, -0.2) is 4.79 Å². The molecule has 0 heterocycles. The molecule has 2 aromatic carbocycles. The highest BCUT2D eigenvalue weighted by atomic mass is 35.5. The third kappa shape index (κ3) is 6.36. The molecule has 0 aliphatic heterocycles. The molecule has 0 saturated carbocycles. The lowest BCUT2D eigenvalue weighted by atomic mass is 10.1. The molecule has 2 rings (SSSR count). The monoisotopic (exact) mass is 449 g/mol. The van der Waals surface area contributed by atoms with Crippen molar-refractivity contribution >= 4 is 52.5 Å². The Labute approximate surface area is 173 Å². The van der Waals surface area contributed by atoms with Crippen LogP contribution in [0.25, 0.3) is 0 Å². The van der Waals surface area contributed by atoms with Gasteiger partial charge in [0.2, 0.25) is 0 Å². The van der Waals surface area contributed by atoms with Crippen LogP contribution in [0.15, 0.2) is 42.5 Å². The van der Waals surface area contributed by atoms with Crippen LogP contribution in [0.1, 0.15) is 21.5 Å². The molecule has 0 unspecified atom stereocenters. The van der Waals surface area contributed by atoms with Crippen molar-refractivity contribution in [3.8, 4) is 0 Å². The number of urea groups is 1. The molecular weight excluding hydrogens is 438 g/mol. The first-order valence-electron chi connectivity index (χ1n) is 7.57. The van der Waals surface area contributed by atoms with E-state index in [4.69, 9.17) is 35.4 Å². The minimum absolute atomic E-state index is 0.0344. The summed E-state index contributed by atoms with van der Waals surface area (Å²) < 4.78 is 37.5. The van der Waals surface area contributed by atoms with E-state index in [9.17, 15) is 22.8 Å². The fourth-order valence-corrected chi connectivity index (χ4v) is 2.47. The Bertz CT molecular complexity index is 906. The number of amides is 3. The van der Waals surface area contributed by atoms with Crippen LogP contribution in [0.4, 0.5) is 18.0 Å². The summed E-state index contributed by atoms with van der Waals surface area (Å²) in [6, 6.07) is 7.78. The molecule has 11 heteroatoms. The maximum Gasteiger partial charge on any atom is 0.416 e. The van der Waals surface area contributed by atoms with Gasteiger partial charge in [-0.1, -0.05) is 35.3 Å². The van der Waals surface area contributed by atoms with E-state index in [1.54, 1.807) is 0 Å². The number of nitrogens with one attached hydrogen (secondary N) is 3. The van der Waals surface area contributed by atoms with Crippen LogP contribution in [0.5, 0.6) is 0 Å². The van der Waals surface area contributed by atoms with Gasteiger partial charge in [0.05, 0.1) is 15.6 Å². The third-order valence-electron chi connectivity index (χ3n) is 3.37. The van der Waals surface area contributed by atoms with Crippen LogP contribution in [-0.4, -0.2) is 17.1 Å². The molecule has 0 radical (unpaired) electrons. The number of hydrogen-bond acceptors (Lipinski definition) is 3. The maximum absolute atomic E-state index is 12.5. The highest BCUT2D eigenvalue weighted by molar-refractivity contribution is 7.80. The van der Waals surface area contributed by atoms with Crippen molar-refractivity contribution in [2.45, 2.75) is 12.7 Å². The SMILES string of the molecule is O=C(NCc1ccc(C(F)(F)F)cc1)NC(=S)NC(=O)c1ccc(Cl)c(Cl)c1. The second-order valence-electron chi connectivity index (χ2n) is 5.41. The van der Waals surface area contributed by atoms with Crippen LogP contribution < -0.4 is 16.0 Å². The van der Waals surface area contributed by atoms with Crippen LogP contribution in [0.2, 0.25) is 10.0 Å². The van der Waals surface area contributed by atoms with Gasteiger partial charge in [-0.3, -0.25) is 15.4 Å². The van der Waals surface area contributed by atoms with Gasteiger partial charge in [0.25, 0.3) is 5.91 Å². The zero-order valence-corrected chi connectivity index (χ0v) is 16.2. The molecule has 28 heavy (non-hydrogen) atoms. The third-order valence-corrected chi connectivity index (χ3v) is 4.31. The Morgan fingerprint density at radius 2 is 1.61 bits per heavy atom. The number of thiocarbonyl (C=S) groups is 1. The maximum atomic E-state index is 12.5. The highest BCUT2D eigenvalue weighted by Crippen LogP contribution is 2.29. The quantitative estimate of drug-likeness (QED) is 0.603. The average Bonchev–Trinajstić information content (AvgIpc) is 2.61. The summed E-state index contributed by atoms with van der Waals surface area (Å²) in [5.74, 6) is -0.605. The molecule has 0 aromatic heterocycles. The minimum atomic E-state index is -4.43. The summed E-state index contributed by atoms with van der Waals surface area (Å²) >= 11 is 16.5. The van der Waals surface area contributed by atoms with Gasteiger partial charge in [0.15, 0.2) is 5.11 Å². The topological polar surface area (TPSA) is 70.2 Å². The number of rotatable bonds is 3. The van der Waals surface area contributed by atoms with E-state index in [0.717, 1.165) is 12.1 Å². The molecule has 3 N–H and O–H groups in total. The van der Waals surface area contributed by atoms with E-state index in [1.807, 2.05) is 0 Å². The number of alkyl halides is 3. The van der Waals surface area contributed by atoms with Gasteiger partial charge in [0.1, 0.15) is 0 Å². The lowest BCUT2D eigenvalue weighted by molar-refractivity contribution is -0.137. The van der Waals surface area contributed by atoms with Gasteiger partial charge >= 0.3 is 12.2 Å². The lowest BCUT2D eigenvalue weighted by Crippen LogP contribution is -2.46. The number of carbonyl (C=O) groups excluding carboxylic acids is 2. The molecule has 0 saturated heterocycles. The molecule has 0 aliphatic rings. The predicted octanol–water partition coefficient (Wildman–Crippen LogP) is 4.53. The molecule has 0 aliphatic carbocycles. The van der Waals surface area contributed by atoms with Gasteiger partial charge in [-0.15, -0.1) is 0 Å². The minimum Gasteiger partial charge on any atom is -0.334 e. The molecule has 3 amide bonds. The molecule has 5 nitrogen and oxygen atoms in total. The second-order valence-corrected chi connectivity index (χ2v) is 6.64. The van der Waals surface area contributed by atoms with Crippen molar-refractivity contribution in [3.63, 3.8) is 0 Å². The van der Waals surface area contributed by atoms with E-state index < -0.39 is 23.7 Å². The summed E-state index contributed by atoms with van der Waals surface area (Å²) in [4.78, 5) is 23.8. The van der Waals surface area contributed by atoms with E-state index in [0.29, 0.717) is 5.56 Å². The van der Waals surface area contributed by atoms with Gasteiger partial charge in [-0.05, 0) is 48.1 Å². The molecule has 0 fully saturated rings. The summed E-state index contributed by atoms with van der Waals surface area (Å²) in [5, 5.41) is 7.12. The summed E-state index contributed by atoms with van der Waals surface area (Å²) in [6.45, 7) is -0.0344. The average molecular weight is 450 g/mol. The molecule has 2 aromatic rings. The predicted molar refractivity (Wildman–Crippen MR) is 103 cm³/mol. The molecule has 0 atom stereocenters.